The molecule has 1 heteroatoms. The molecular weight excluding hydrogens is 196 g/mol. The van der Waals surface area contributed by atoms with Crippen molar-refractivity contribution in [3.63, 3.8) is 0 Å². The van der Waals surface area contributed by atoms with Crippen LogP contribution in [0.1, 0.15) is 30.1 Å². The van der Waals surface area contributed by atoms with Gasteiger partial charge in [-0.05, 0) is 19.8 Å². The van der Waals surface area contributed by atoms with Crippen LogP contribution in [0.5, 0.6) is 0 Å². The van der Waals surface area contributed by atoms with Crippen molar-refractivity contribution >= 4 is 5.78 Å². The number of benzene rings is 1. The fourth-order valence-corrected chi connectivity index (χ4v) is 1.83. The third kappa shape index (κ3) is 2.48. The third-order valence-electron chi connectivity index (χ3n) is 2.82. The number of carbonyl (C=O) groups is 1. The van der Waals surface area contributed by atoms with Gasteiger partial charge in [-0.2, -0.15) is 0 Å². The fourth-order valence-electron chi connectivity index (χ4n) is 1.83. The fraction of sp³-hybridized carbons (Fsp3) is 0.200. The Morgan fingerprint density at radius 3 is 2.69 bits per heavy atom. The molecule has 0 fully saturated rings. The Bertz CT molecular complexity index is 438. The highest BCUT2D eigenvalue weighted by Crippen LogP contribution is 2.22. The predicted octanol–water partition coefficient (Wildman–Crippen LogP) is 3.74. The highest BCUT2D eigenvalue weighted by atomic mass is 16.1. The average molecular weight is 211 g/mol. The van der Waals surface area contributed by atoms with E-state index in [1.54, 1.807) is 0 Å². The van der Waals surface area contributed by atoms with Crippen LogP contribution >= 0.6 is 0 Å². The number of ketones is 1. The van der Waals surface area contributed by atoms with Crippen molar-refractivity contribution in [3.8, 4) is 0 Å². The normalized spacial score (nSPS) is 15.3. The zero-order valence-electron chi connectivity index (χ0n) is 9.44. The summed E-state index contributed by atoms with van der Waals surface area (Å²) in [7, 11) is 0. The molecule has 0 aromatic heterocycles. The van der Waals surface area contributed by atoms with E-state index in [1.807, 2.05) is 30.3 Å². The maximum Gasteiger partial charge on any atom is 0.166 e. The van der Waals surface area contributed by atoms with Crippen molar-refractivity contribution in [3.05, 3.63) is 65.6 Å². The largest absolute Gasteiger partial charge is 0.294 e. The summed E-state index contributed by atoms with van der Waals surface area (Å²) in [6.45, 7) is 2.06. The van der Waals surface area contributed by atoms with Crippen LogP contribution in [-0.4, -0.2) is 5.78 Å². The SMILES string of the molecule is CC1=C(CC(=O)c2ccccc2)[CH]CC=C1. The molecule has 16 heavy (non-hydrogen) atoms. The van der Waals surface area contributed by atoms with Gasteiger partial charge in [0, 0.05) is 12.0 Å². The number of Topliss-reactive ketones (excluding diaryl/α,β-unsaturated/α-hetero) is 1. The summed E-state index contributed by atoms with van der Waals surface area (Å²) in [6, 6.07) is 9.47. The van der Waals surface area contributed by atoms with E-state index < -0.39 is 0 Å². The van der Waals surface area contributed by atoms with Crippen LogP contribution in [-0.2, 0) is 0 Å². The van der Waals surface area contributed by atoms with E-state index in [2.05, 4.69) is 25.5 Å². The van der Waals surface area contributed by atoms with Crippen molar-refractivity contribution in [2.45, 2.75) is 19.8 Å². The van der Waals surface area contributed by atoms with E-state index in [0.717, 1.165) is 17.6 Å². The highest BCUT2D eigenvalue weighted by Gasteiger charge is 2.11. The number of hydrogen-bond donors (Lipinski definition) is 0. The van der Waals surface area contributed by atoms with Crippen molar-refractivity contribution < 1.29 is 4.79 Å². The second-order valence-corrected chi connectivity index (χ2v) is 4.02. The quantitative estimate of drug-likeness (QED) is 0.696. The molecule has 1 radical (unpaired) electrons. The first kappa shape index (κ1) is 10.9. The molecule has 2 rings (SSSR count). The molecule has 1 nitrogen and oxygen atoms in total. The van der Waals surface area contributed by atoms with E-state index in [0.29, 0.717) is 6.42 Å². The number of allylic oxidation sites excluding steroid dienone is 4. The summed E-state index contributed by atoms with van der Waals surface area (Å²) in [4.78, 5) is 12.0. The van der Waals surface area contributed by atoms with Crippen LogP contribution in [0, 0.1) is 6.42 Å². The minimum Gasteiger partial charge on any atom is -0.294 e. The van der Waals surface area contributed by atoms with Gasteiger partial charge >= 0.3 is 0 Å². The Balaban J connectivity index is 2.11. The van der Waals surface area contributed by atoms with Crippen LogP contribution < -0.4 is 0 Å². The van der Waals surface area contributed by atoms with Gasteiger partial charge < -0.3 is 0 Å². The van der Waals surface area contributed by atoms with E-state index in [9.17, 15) is 4.79 Å². The number of hydrogen-bond acceptors (Lipinski definition) is 1. The first-order valence-electron chi connectivity index (χ1n) is 5.55. The maximum atomic E-state index is 12.0. The zero-order chi connectivity index (χ0) is 11.4. The van der Waals surface area contributed by atoms with Crippen LogP contribution in [0.15, 0.2) is 53.6 Å². The molecule has 81 valence electrons. The Kier molecular flexibility index (Phi) is 3.35. The van der Waals surface area contributed by atoms with E-state index in [-0.39, 0.29) is 5.78 Å². The van der Waals surface area contributed by atoms with Crippen LogP contribution in [0.2, 0.25) is 0 Å². The van der Waals surface area contributed by atoms with Crippen molar-refractivity contribution in [1.82, 2.24) is 0 Å². The predicted molar refractivity (Wildman–Crippen MR) is 66.1 cm³/mol. The van der Waals surface area contributed by atoms with Gasteiger partial charge in [-0.25, -0.2) is 0 Å². The summed E-state index contributed by atoms with van der Waals surface area (Å²) >= 11 is 0. The molecule has 0 saturated heterocycles. The van der Waals surface area contributed by atoms with E-state index in [4.69, 9.17) is 0 Å². The smallest absolute Gasteiger partial charge is 0.166 e. The third-order valence-corrected chi connectivity index (χ3v) is 2.82. The molecule has 0 heterocycles. The van der Waals surface area contributed by atoms with Gasteiger partial charge in [0.2, 0.25) is 0 Å². The van der Waals surface area contributed by atoms with Gasteiger partial charge in [0.05, 0.1) is 0 Å². The molecule has 0 aliphatic heterocycles. The van der Waals surface area contributed by atoms with Crippen molar-refractivity contribution in [1.29, 1.82) is 0 Å². The standard InChI is InChI=1S/C15H15O/c1-12-7-5-6-10-14(12)11-15(16)13-8-3-2-4-9-13/h2-5,7-10H,6,11H2,1H3. The Morgan fingerprint density at radius 1 is 1.25 bits per heavy atom. The number of carbonyl (C=O) groups excluding carboxylic acids is 1. The lowest BCUT2D eigenvalue weighted by Gasteiger charge is -2.12. The molecule has 1 aliphatic rings. The molecule has 1 aromatic rings. The molecular formula is C15H15O. The second kappa shape index (κ2) is 4.93. The Morgan fingerprint density at radius 2 is 2.00 bits per heavy atom. The lowest BCUT2D eigenvalue weighted by molar-refractivity contribution is 0.0993. The minimum atomic E-state index is 0.196. The van der Waals surface area contributed by atoms with Gasteiger partial charge in [-0.1, -0.05) is 53.6 Å². The summed E-state index contributed by atoms with van der Waals surface area (Å²) in [5.74, 6) is 0.196. The summed E-state index contributed by atoms with van der Waals surface area (Å²) in [6.07, 6.45) is 7.80. The highest BCUT2D eigenvalue weighted by molar-refractivity contribution is 5.97. The lowest BCUT2D eigenvalue weighted by Crippen LogP contribution is -2.04. The van der Waals surface area contributed by atoms with Gasteiger partial charge in [-0.3, -0.25) is 4.79 Å². The zero-order valence-corrected chi connectivity index (χ0v) is 9.44. The van der Waals surface area contributed by atoms with E-state index >= 15 is 0 Å². The molecule has 0 atom stereocenters. The lowest BCUT2D eigenvalue weighted by atomic mass is 9.93. The van der Waals surface area contributed by atoms with Crippen LogP contribution in [0.4, 0.5) is 0 Å². The van der Waals surface area contributed by atoms with Gasteiger partial charge in [-0.15, -0.1) is 0 Å². The first-order chi connectivity index (χ1) is 7.77. The molecule has 0 bridgehead atoms. The topological polar surface area (TPSA) is 17.1 Å². The van der Waals surface area contributed by atoms with Crippen LogP contribution in [0.3, 0.4) is 0 Å². The Labute approximate surface area is 96.5 Å². The van der Waals surface area contributed by atoms with Crippen molar-refractivity contribution in [2.75, 3.05) is 0 Å². The summed E-state index contributed by atoms with van der Waals surface area (Å²) in [5.41, 5.74) is 3.16. The van der Waals surface area contributed by atoms with Gasteiger partial charge in [0.1, 0.15) is 0 Å². The molecule has 0 saturated carbocycles. The summed E-state index contributed by atoms with van der Waals surface area (Å²) in [5, 5.41) is 0. The molecule has 0 spiro atoms. The molecule has 0 N–H and O–H groups in total. The van der Waals surface area contributed by atoms with Gasteiger partial charge in [0.15, 0.2) is 5.78 Å². The number of rotatable bonds is 3. The van der Waals surface area contributed by atoms with Crippen molar-refractivity contribution in [2.24, 2.45) is 0 Å². The molecule has 1 aromatic carbocycles. The Hall–Kier alpha value is -1.63. The minimum absolute atomic E-state index is 0.196. The first-order valence-corrected chi connectivity index (χ1v) is 5.55. The monoisotopic (exact) mass is 211 g/mol. The second-order valence-electron chi connectivity index (χ2n) is 4.02. The van der Waals surface area contributed by atoms with E-state index in [1.165, 1.54) is 5.57 Å². The summed E-state index contributed by atoms with van der Waals surface area (Å²) < 4.78 is 0. The molecule has 1 aliphatic carbocycles. The van der Waals surface area contributed by atoms with Gasteiger partial charge in [0.25, 0.3) is 0 Å². The average Bonchev–Trinajstić information content (AvgIpc) is 2.33. The molecule has 0 unspecified atom stereocenters. The maximum absolute atomic E-state index is 12.0. The molecule has 0 amide bonds. The van der Waals surface area contributed by atoms with Crippen LogP contribution in [0.25, 0.3) is 0 Å².